The fraction of sp³-hybridized carbons (Fsp3) is 0.400. The molecule has 6 heteroatoms. The van der Waals surface area contributed by atoms with E-state index < -0.39 is 0 Å². The van der Waals surface area contributed by atoms with Crippen LogP contribution in [0.1, 0.15) is 46.1 Å². The van der Waals surface area contributed by atoms with Crippen LogP contribution in [0, 0.1) is 12.8 Å². The number of rotatable bonds is 8. The van der Waals surface area contributed by atoms with E-state index in [0.29, 0.717) is 12.5 Å². The van der Waals surface area contributed by atoms with Crippen molar-refractivity contribution in [1.82, 2.24) is 25.0 Å². The van der Waals surface area contributed by atoms with Crippen molar-refractivity contribution in [2.24, 2.45) is 5.92 Å². The molecule has 3 heterocycles. The highest BCUT2D eigenvalue weighted by Gasteiger charge is 2.24. The monoisotopic (exact) mass is 417 g/mol. The van der Waals surface area contributed by atoms with Gasteiger partial charge in [-0.1, -0.05) is 12.1 Å². The maximum atomic E-state index is 12.6. The number of amides is 1. The van der Waals surface area contributed by atoms with Crippen LogP contribution in [-0.2, 0) is 26.1 Å². The van der Waals surface area contributed by atoms with Crippen molar-refractivity contribution in [3.63, 3.8) is 0 Å². The summed E-state index contributed by atoms with van der Waals surface area (Å²) < 4.78 is 2.06. The maximum Gasteiger partial charge on any atom is 0.251 e. The lowest BCUT2D eigenvalue weighted by Crippen LogP contribution is -2.23. The normalized spacial score (nSPS) is 16.5. The topological polar surface area (TPSA) is 63.1 Å². The molecule has 0 saturated carbocycles. The Morgan fingerprint density at radius 1 is 1.19 bits per heavy atom. The average molecular weight is 418 g/mol. The Morgan fingerprint density at radius 3 is 2.81 bits per heavy atom. The molecule has 162 valence electrons. The van der Waals surface area contributed by atoms with Crippen LogP contribution < -0.4 is 5.32 Å². The van der Waals surface area contributed by atoms with E-state index in [0.717, 1.165) is 43.7 Å². The molecular formula is C25H31N5O. The average Bonchev–Trinajstić information content (AvgIpc) is 3.39. The first kappa shape index (κ1) is 21.2. The van der Waals surface area contributed by atoms with Crippen molar-refractivity contribution in [3.05, 3.63) is 82.9 Å². The Bertz CT molecular complexity index is 1010. The summed E-state index contributed by atoms with van der Waals surface area (Å²) in [5, 5.41) is 7.47. The molecule has 1 aliphatic heterocycles. The molecule has 1 atom stereocenters. The van der Waals surface area contributed by atoms with Gasteiger partial charge in [0.2, 0.25) is 0 Å². The molecule has 4 rings (SSSR count). The SMILES string of the molecule is CCn1ncc(CN2CCC(Cc3cccc(C(=O)NCc4ccncc4)c3)C2)c1C. The van der Waals surface area contributed by atoms with Crippen LogP contribution in [0.5, 0.6) is 0 Å². The molecule has 0 spiro atoms. The fourth-order valence-electron chi connectivity index (χ4n) is 4.38. The molecule has 1 unspecified atom stereocenters. The zero-order valence-corrected chi connectivity index (χ0v) is 18.4. The Kier molecular flexibility index (Phi) is 6.77. The minimum Gasteiger partial charge on any atom is -0.348 e. The molecule has 1 fully saturated rings. The first-order chi connectivity index (χ1) is 15.1. The van der Waals surface area contributed by atoms with Crippen LogP contribution in [0.2, 0.25) is 0 Å². The summed E-state index contributed by atoms with van der Waals surface area (Å²) in [6, 6.07) is 11.9. The molecule has 0 bridgehead atoms. The van der Waals surface area contributed by atoms with E-state index in [4.69, 9.17) is 0 Å². The van der Waals surface area contributed by atoms with Gasteiger partial charge in [-0.15, -0.1) is 0 Å². The Hall–Kier alpha value is -2.99. The summed E-state index contributed by atoms with van der Waals surface area (Å²) >= 11 is 0. The number of carbonyl (C=O) groups is 1. The molecule has 0 radical (unpaired) electrons. The van der Waals surface area contributed by atoms with Gasteiger partial charge < -0.3 is 5.32 Å². The molecule has 1 saturated heterocycles. The summed E-state index contributed by atoms with van der Waals surface area (Å²) in [6.45, 7) is 8.90. The third-order valence-electron chi connectivity index (χ3n) is 6.18. The first-order valence-electron chi connectivity index (χ1n) is 11.1. The standard InChI is InChI=1S/C25H31N5O/c1-3-30-19(2)24(16-28-30)18-29-12-9-22(17-29)13-21-5-4-6-23(14-21)25(31)27-15-20-7-10-26-11-8-20/h4-8,10-11,14,16,22H,3,9,12-13,15,17-18H2,1-2H3,(H,27,31). The third-order valence-corrected chi connectivity index (χ3v) is 6.18. The number of aromatic nitrogens is 3. The van der Waals surface area contributed by atoms with Crippen LogP contribution >= 0.6 is 0 Å². The second-order valence-corrected chi connectivity index (χ2v) is 8.40. The van der Waals surface area contributed by atoms with Crippen LogP contribution in [0.3, 0.4) is 0 Å². The molecule has 1 amide bonds. The lowest BCUT2D eigenvalue weighted by molar-refractivity contribution is 0.0950. The number of benzene rings is 1. The predicted octanol–water partition coefficient (Wildman–Crippen LogP) is 3.60. The van der Waals surface area contributed by atoms with E-state index in [-0.39, 0.29) is 5.91 Å². The van der Waals surface area contributed by atoms with Crippen molar-refractivity contribution < 1.29 is 4.79 Å². The zero-order valence-electron chi connectivity index (χ0n) is 18.4. The van der Waals surface area contributed by atoms with Crippen molar-refractivity contribution in [1.29, 1.82) is 0 Å². The quantitative estimate of drug-likeness (QED) is 0.608. The second kappa shape index (κ2) is 9.88. The molecule has 1 aliphatic rings. The van der Waals surface area contributed by atoms with Crippen molar-refractivity contribution in [3.8, 4) is 0 Å². The molecule has 2 aromatic heterocycles. The van der Waals surface area contributed by atoms with Gasteiger partial charge in [-0.2, -0.15) is 5.10 Å². The van der Waals surface area contributed by atoms with Crippen molar-refractivity contribution >= 4 is 5.91 Å². The Labute approximate surface area is 184 Å². The summed E-state index contributed by atoms with van der Waals surface area (Å²) in [7, 11) is 0. The molecule has 0 aliphatic carbocycles. The van der Waals surface area contributed by atoms with Gasteiger partial charge >= 0.3 is 0 Å². The van der Waals surface area contributed by atoms with Crippen molar-refractivity contribution in [2.75, 3.05) is 13.1 Å². The summed E-state index contributed by atoms with van der Waals surface area (Å²) in [5.41, 5.74) is 5.61. The number of hydrogen-bond donors (Lipinski definition) is 1. The lowest BCUT2D eigenvalue weighted by Gasteiger charge is -2.16. The Balaban J connectivity index is 1.30. The van der Waals surface area contributed by atoms with Gasteiger partial charge in [0.1, 0.15) is 0 Å². The largest absolute Gasteiger partial charge is 0.348 e. The summed E-state index contributed by atoms with van der Waals surface area (Å²) in [5.74, 6) is 0.590. The van der Waals surface area contributed by atoms with E-state index in [1.54, 1.807) is 12.4 Å². The molecule has 1 aromatic carbocycles. The fourth-order valence-corrected chi connectivity index (χ4v) is 4.38. The molecular weight excluding hydrogens is 386 g/mol. The number of hydrogen-bond acceptors (Lipinski definition) is 4. The number of pyridine rings is 1. The van der Waals surface area contributed by atoms with Gasteiger partial charge in [-0.25, -0.2) is 0 Å². The predicted molar refractivity (Wildman–Crippen MR) is 122 cm³/mol. The van der Waals surface area contributed by atoms with Crippen LogP contribution in [0.4, 0.5) is 0 Å². The summed E-state index contributed by atoms with van der Waals surface area (Å²) in [4.78, 5) is 19.1. The number of likely N-dealkylation sites (tertiary alicyclic amines) is 1. The van der Waals surface area contributed by atoms with Crippen LogP contribution in [-0.4, -0.2) is 38.7 Å². The van der Waals surface area contributed by atoms with Gasteiger partial charge in [0.05, 0.1) is 6.20 Å². The van der Waals surface area contributed by atoms with Gasteiger partial charge in [0.15, 0.2) is 0 Å². The zero-order chi connectivity index (χ0) is 21.6. The number of carbonyl (C=O) groups excluding carboxylic acids is 1. The highest BCUT2D eigenvalue weighted by atomic mass is 16.1. The van der Waals surface area contributed by atoms with E-state index in [9.17, 15) is 4.79 Å². The van der Waals surface area contributed by atoms with Gasteiger partial charge in [-0.05, 0) is 74.5 Å². The molecule has 31 heavy (non-hydrogen) atoms. The van der Waals surface area contributed by atoms with Crippen LogP contribution in [0.15, 0.2) is 55.0 Å². The van der Waals surface area contributed by atoms with Gasteiger partial charge in [0, 0.05) is 55.4 Å². The van der Waals surface area contributed by atoms with E-state index >= 15 is 0 Å². The molecule has 3 aromatic rings. The van der Waals surface area contributed by atoms with Gasteiger partial charge in [0.25, 0.3) is 5.91 Å². The van der Waals surface area contributed by atoms with Crippen molar-refractivity contribution in [2.45, 2.75) is 46.3 Å². The van der Waals surface area contributed by atoms with Gasteiger partial charge in [-0.3, -0.25) is 19.4 Å². The van der Waals surface area contributed by atoms with E-state index in [1.807, 2.05) is 36.5 Å². The third kappa shape index (κ3) is 5.39. The molecule has 1 N–H and O–H groups in total. The highest BCUT2D eigenvalue weighted by Crippen LogP contribution is 2.23. The first-order valence-corrected chi connectivity index (χ1v) is 11.1. The highest BCUT2D eigenvalue weighted by molar-refractivity contribution is 5.94. The Morgan fingerprint density at radius 2 is 2.03 bits per heavy atom. The number of nitrogens with zero attached hydrogens (tertiary/aromatic N) is 4. The second-order valence-electron chi connectivity index (χ2n) is 8.40. The van der Waals surface area contributed by atoms with E-state index in [2.05, 4.69) is 44.9 Å². The minimum absolute atomic E-state index is 0.0323. The van der Waals surface area contributed by atoms with Crippen LogP contribution in [0.25, 0.3) is 0 Å². The smallest absolute Gasteiger partial charge is 0.251 e. The minimum atomic E-state index is -0.0323. The summed E-state index contributed by atoms with van der Waals surface area (Å²) in [6.07, 6.45) is 7.70. The maximum absolute atomic E-state index is 12.6. The molecule has 6 nitrogen and oxygen atoms in total. The van der Waals surface area contributed by atoms with E-state index in [1.165, 1.54) is 23.2 Å². The number of aryl methyl sites for hydroxylation is 1. The lowest BCUT2D eigenvalue weighted by atomic mass is 9.97. The number of nitrogens with one attached hydrogen (secondary N) is 1.